The van der Waals surface area contributed by atoms with Crippen LogP contribution in [0.3, 0.4) is 0 Å². The molecule has 0 fully saturated rings. The number of methoxy groups -OCH3 is 2. The first-order chi connectivity index (χ1) is 12.5. The highest BCUT2D eigenvalue weighted by Crippen LogP contribution is 2.28. The average Bonchev–Trinajstić information content (AvgIpc) is 2.64. The van der Waals surface area contributed by atoms with E-state index < -0.39 is 18.5 Å². The summed E-state index contributed by atoms with van der Waals surface area (Å²) in [5.74, 6) is -0.118. The number of hydrogen-bond donors (Lipinski definition) is 1. The maximum absolute atomic E-state index is 12.0. The Labute approximate surface area is 156 Å². The molecule has 0 aliphatic heterocycles. The third kappa shape index (κ3) is 5.82. The van der Waals surface area contributed by atoms with Gasteiger partial charge in [0.1, 0.15) is 11.5 Å². The Morgan fingerprint density at radius 3 is 2.62 bits per heavy atom. The number of esters is 1. The fraction of sp³-hybridized carbons (Fsp3) is 0.158. The standard InChI is InChI=1S/C19H18ClNO5/c1-24-15-7-8-17(25-2)16(11-15)21-18(22)12-26-19(23)9-6-13-4-3-5-14(20)10-13/h3-11H,12H2,1-2H3,(H,21,22)/b9-6+. The van der Waals surface area contributed by atoms with Gasteiger partial charge in [-0.05, 0) is 35.9 Å². The summed E-state index contributed by atoms with van der Waals surface area (Å²) in [6.45, 7) is -0.431. The number of halogens is 1. The fourth-order valence-corrected chi connectivity index (χ4v) is 2.26. The summed E-state index contributed by atoms with van der Waals surface area (Å²) < 4.78 is 15.2. The van der Waals surface area contributed by atoms with Gasteiger partial charge in [0.15, 0.2) is 6.61 Å². The molecule has 2 rings (SSSR count). The first-order valence-electron chi connectivity index (χ1n) is 7.64. The molecule has 0 saturated carbocycles. The zero-order chi connectivity index (χ0) is 18.9. The number of hydrogen-bond acceptors (Lipinski definition) is 5. The third-order valence-electron chi connectivity index (χ3n) is 3.29. The van der Waals surface area contributed by atoms with Crippen LogP contribution in [-0.2, 0) is 14.3 Å². The van der Waals surface area contributed by atoms with Crippen LogP contribution in [0.5, 0.6) is 11.5 Å². The topological polar surface area (TPSA) is 73.9 Å². The molecule has 2 aromatic rings. The molecule has 26 heavy (non-hydrogen) atoms. The number of nitrogens with one attached hydrogen (secondary N) is 1. The summed E-state index contributed by atoms with van der Waals surface area (Å²) in [7, 11) is 3.00. The predicted octanol–water partition coefficient (Wildman–Crippen LogP) is 3.55. The van der Waals surface area contributed by atoms with Gasteiger partial charge in [-0.1, -0.05) is 23.7 Å². The lowest BCUT2D eigenvalue weighted by atomic mass is 10.2. The summed E-state index contributed by atoms with van der Waals surface area (Å²) in [5, 5.41) is 3.17. The Morgan fingerprint density at radius 1 is 1.12 bits per heavy atom. The third-order valence-corrected chi connectivity index (χ3v) is 3.52. The van der Waals surface area contributed by atoms with E-state index in [0.29, 0.717) is 22.2 Å². The molecule has 0 aliphatic rings. The number of carbonyl (C=O) groups is 2. The smallest absolute Gasteiger partial charge is 0.331 e. The van der Waals surface area contributed by atoms with E-state index in [1.54, 1.807) is 48.5 Å². The molecule has 2 aromatic carbocycles. The molecule has 0 radical (unpaired) electrons. The van der Waals surface area contributed by atoms with Crippen molar-refractivity contribution in [3.63, 3.8) is 0 Å². The van der Waals surface area contributed by atoms with Crippen molar-refractivity contribution in [2.45, 2.75) is 0 Å². The Kier molecular flexibility index (Phi) is 7.05. The molecule has 0 saturated heterocycles. The normalized spacial score (nSPS) is 10.4. The minimum absolute atomic E-state index is 0.419. The lowest BCUT2D eigenvalue weighted by Crippen LogP contribution is -2.20. The SMILES string of the molecule is COc1ccc(OC)c(NC(=O)COC(=O)/C=C/c2cccc(Cl)c2)c1. The van der Waals surface area contributed by atoms with Crippen molar-refractivity contribution in [2.24, 2.45) is 0 Å². The first-order valence-corrected chi connectivity index (χ1v) is 8.02. The van der Waals surface area contributed by atoms with Crippen molar-refractivity contribution in [2.75, 3.05) is 26.1 Å². The number of rotatable bonds is 7. The van der Waals surface area contributed by atoms with E-state index >= 15 is 0 Å². The zero-order valence-corrected chi connectivity index (χ0v) is 15.1. The summed E-state index contributed by atoms with van der Waals surface area (Å²) >= 11 is 5.86. The van der Waals surface area contributed by atoms with Crippen molar-refractivity contribution in [1.82, 2.24) is 0 Å². The van der Waals surface area contributed by atoms with Crippen molar-refractivity contribution >= 4 is 35.2 Å². The summed E-state index contributed by atoms with van der Waals surface area (Å²) in [4.78, 5) is 23.7. The number of carbonyl (C=O) groups excluding carboxylic acids is 2. The van der Waals surface area contributed by atoms with E-state index in [2.05, 4.69) is 5.32 Å². The molecular weight excluding hydrogens is 358 g/mol. The molecule has 0 bridgehead atoms. The molecule has 1 amide bonds. The van der Waals surface area contributed by atoms with Crippen molar-refractivity contribution in [1.29, 1.82) is 0 Å². The molecule has 7 heteroatoms. The van der Waals surface area contributed by atoms with E-state index in [9.17, 15) is 9.59 Å². The second kappa shape index (κ2) is 9.48. The number of ether oxygens (including phenoxy) is 3. The summed E-state index contributed by atoms with van der Waals surface area (Å²) in [6, 6.07) is 12.0. The minimum atomic E-state index is -0.641. The second-order valence-electron chi connectivity index (χ2n) is 5.11. The van der Waals surface area contributed by atoms with Crippen molar-refractivity contribution in [3.8, 4) is 11.5 Å². The highest BCUT2D eigenvalue weighted by Gasteiger charge is 2.10. The highest BCUT2D eigenvalue weighted by atomic mass is 35.5. The fourth-order valence-electron chi connectivity index (χ4n) is 2.06. The van der Waals surface area contributed by atoms with Crippen molar-refractivity contribution < 1.29 is 23.8 Å². The van der Waals surface area contributed by atoms with Gasteiger partial charge in [-0.25, -0.2) is 4.79 Å². The van der Waals surface area contributed by atoms with E-state index in [1.807, 2.05) is 0 Å². The summed E-state index contributed by atoms with van der Waals surface area (Å²) in [5.41, 5.74) is 1.17. The van der Waals surface area contributed by atoms with Gasteiger partial charge in [0.25, 0.3) is 5.91 Å². The van der Waals surface area contributed by atoms with E-state index in [-0.39, 0.29) is 0 Å². The molecule has 0 aliphatic carbocycles. The quantitative estimate of drug-likeness (QED) is 0.591. The van der Waals surface area contributed by atoms with E-state index in [1.165, 1.54) is 20.3 Å². The van der Waals surface area contributed by atoms with Crippen molar-refractivity contribution in [3.05, 3.63) is 59.1 Å². The van der Waals surface area contributed by atoms with E-state index in [4.69, 9.17) is 25.8 Å². The Balaban J connectivity index is 1.89. The maximum atomic E-state index is 12.0. The molecule has 0 unspecified atom stereocenters. The Hall–Kier alpha value is -2.99. The van der Waals surface area contributed by atoms with Crippen LogP contribution in [0.4, 0.5) is 5.69 Å². The van der Waals surface area contributed by atoms with Gasteiger partial charge in [-0.15, -0.1) is 0 Å². The van der Waals surface area contributed by atoms with Crippen LogP contribution in [0.15, 0.2) is 48.5 Å². The molecular formula is C19H18ClNO5. The Morgan fingerprint density at radius 2 is 1.92 bits per heavy atom. The molecule has 136 valence electrons. The minimum Gasteiger partial charge on any atom is -0.497 e. The van der Waals surface area contributed by atoms with Crippen LogP contribution in [-0.4, -0.2) is 32.7 Å². The molecule has 1 N–H and O–H groups in total. The molecule has 0 aromatic heterocycles. The first kappa shape index (κ1) is 19.3. The molecule has 0 heterocycles. The number of amides is 1. The predicted molar refractivity (Wildman–Crippen MR) is 99.6 cm³/mol. The average molecular weight is 376 g/mol. The molecule has 0 spiro atoms. The van der Waals surface area contributed by atoms with Crippen LogP contribution in [0.1, 0.15) is 5.56 Å². The van der Waals surface area contributed by atoms with Gasteiger partial charge < -0.3 is 19.5 Å². The van der Waals surface area contributed by atoms with Crippen LogP contribution < -0.4 is 14.8 Å². The van der Waals surface area contributed by atoms with Gasteiger partial charge >= 0.3 is 5.97 Å². The zero-order valence-electron chi connectivity index (χ0n) is 14.3. The molecule has 0 atom stereocenters. The van der Waals surface area contributed by atoms with Crippen LogP contribution in [0.25, 0.3) is 6.08 Å². The second-order valence-corrected chi connectivity index (χ2v) is 5.55. The number of anilines is 1. The molecule has 6 nitrogen and oxygen atoms in total. The largest absolute Gasteiger partial charge is 0.497 e. The monoisotopic (exact) mass is 375 g/mol. The highest BCUT2D eigenvalue weighted by molar-refractivity contribution is 6.30. The lowest BCUT2D eigenvalue weighted by Gasteiger charge is -2.11. The van der Waals surface area contributed by atoms with Gasteiger partial charge in [0.05, 0.1) is 19.9 Å². The van der Waals surface area contributed by atoms with Crippen LogP contribution in [0.2, 0.25) is 5.02 Å². The van der Waals surface area contributed by atoms with E-state index in [0.717, 1.165) is 5.56 Å². The van der Waals surface area contributed by atoms with Gasteiger partial charge in [-0.2, -0.15) is 0 Å². The Bertz CT molecular complexity index is 819. The van der Waals surface area contributed by atoms with Crippen LogP contribution in [0, 0.1) is 0 Å². The van der Waals surface area contributed by atoms with Gasteiger partial charge in [-0.3, -0.25) is 4.79 Å². The van der Waals surface area contributed by atoms with Gasteiger partial charge in [0, 0.05) is 17.2 Å². The lowest BCUT2D eigenvalue weighted by molar-refractivity contribution is -0.142. The summed E-state index contributed by atoms with van der Waals surface area (Å²) in [6.07, 6.45) is 2.78. The van der Waals surface area contributed by atoms with Crippen LogP contribution >= 0.6 is 11.6 Å². The van der Waals surface area contributed by atoms with Gasteiger partial charge in [0.2, 0.25) is 0 Å². The maximum Gasteiger partial charge on any atom is 0.331 e. The number of benzene rings is 2.